The quantitative estimate of drug-likeness (QED) is 0.828. The Bertz CT molecular complexity index is 409. The lowest BCUT2D eigenvalue weighted by Gasteiger charge is -2.03. The average molecular weight is 202 g/mol. The fraction of sp³-hybridized carbons (Fsp3) is 0.250. The van der Waals surface area contributed by atoms with Gasteiger partial charge in [0.15, 0.2) is 5.89 Å². The lowest BCUT2D eigenvalue weighted by molar-refractivity contribution is 0.498. The van der Waals surface area contributed by atoms with Gasteiger partial charge in [-0.05, 0) is 19.1 Å². The number of nitrogens with zero attached hydrogens (tertiary/aromatic N) is 1. The molecule has 2 rings (SSSR count). The molecule has 15 heavy (non-hydrogen) atoms. The molecule has 1 aromatic carbocycles. The SMILES string of the molecule is Cc1coc(CCNc2ccccc2)n1. The molecule has 0 aliphatic rings. The molecule has 0 spiro atoms. The van der Waals surface area contributed by atoms with Gasteiger partial charge in [-0.2, -0.15) is 0 Å². The van der Waals surface area contributed by atoms with Gasteiger partial charge >= 0.3 is 0 Å². The van der Waals surface area contributed by atoms with E-state index in [1.54, 1.807) is 6.26 Å². The molecular weight excluding hydrogens is 188 g/mol. The van der Waals surface area contributed by atoms with E-state index in [9.17, 15) is 0 Å². The summed E-state index contributed by atoms with van der Waals surface area (Å²) in [6.45, 7) is 2.77. The number of nitrogens with one attached hydrogen (secondary N) is 1. The van der Waals surface area contributed by atoms with Gasteiger partial charge < -0.3 is 9.73 Å². The number of rotatable bonds is 4. The third-order valence-electron chi connectivity index (χ3n) is 2.11. The lowest BCUT2D eigenvalue weighted by atomic mass is 10.3. The monoisotopic (exact) mass is 202 g/mol. The maximum Gasteiger partial charge on any atom is 0.195 e. The Hall–Kier alpha value is -1.77. The second kappa shape index (κ2) is 4.64. The first-order chi connectivity index (χ1) is 7.34. The normalized spacial score (nSPS) is 10.2. The summed E-state index contributed by atoms with van der Waals surface area (Å²) in [5, 5.41) is 3.30. The first-order valence-electron chi connectivity index (χ1n) is 5.04. The van der Waals surface area contributed by atoms with Gasteiger partial charge in [-0.1, -0.05) is 18.2 Å². The number of aromatic nitrogens is 1. The first-order valence-corrected chi connectivity index (χ1v) is 5.04. The number of anilines is 1. The summed E-state index contributed by atoms with van der Waals surface area (Å²) in [5.41, 5.74) is 2.06. The summed E-state index contributed by atoms with van der Waals surface area (Å²) in [6, 6.07) is 10.1. The van der Waals surface area contributed by atoms with Crippen molar-refractivity contribution in [1.82, 2.24) is 4.98 Å². The lowest BCUT2D eigenvalue weighted by Crippen LogP contribution is -2.04. The summed E-state index contributed by atoms with van der Waals surface area (Å²) in [5.74, 6) is 0.788. The van der Waals surface area contributed by atoms with E-state index < -0.39 is 0 Å². The van der Waals surface area contributed by atoms with Crippen LogP contribution < -0.4 is 5.32 Å². The van der Waals surface area contributed by atoms with Crippen LogP contribution in [0.2, 0.25) is 0 Å². The van der Waals surface area contributed by atoms with Crippen molar-refractivity contribution in [2.45, 2.75) is 13.3 Å². The molecule has 0 saturated carbocycles. The van der Waals surface area contributed by atoms with Crippen LogP contribution in [-0.2, 0) is 6.42 Å². The molecule has 0 atom stereocenters. The molecule has 0 aliphatic carbocycles. The highest BCUT2D eigenvalue weighted by Crippen LogP contribution is 2.06. The highest BCUT2D eigenvalue weighted by Gasteiger charge is 1.99. The van der Waals surface area contributed by atoms with E-state index in [0.717, 1.165) is 30.2 Å². The fourth-order valence-electron chi connectivity index (χ4n) is 1.39. The Morgan fingerprint density at radius 1 is 1.27 bits per heavy atom. The molecule has 1 aromatic heterocycles. The molecule has 0 aliphatic heterocycles. The van der Waals surface area contributed by atoms with E-state index in [4.69, 9.17) is 4.42 Å². The van der Waals surface area contributed by atoms with Gasteiger partial charge in [0.25, 0.3) is 0 Å². The summed E-state index contributed by atoms with van der Waals surface area (Å²) >= 11 is 0. The van der Waals surface area contributed by atoms with E-state index >= 15 is 0 Å². The molecule has 2 aromatic rings. The van der Waals surface area contributed by atoms with Gasteiger partial charge in [0.2, 0.25) is 0 Å². The van der Waals surface area contributed by atoms with Gasteiger partial charge in [-0.15, -0.1) is 0 Å². The van der Waals surface area contributed by atoms with Gasteiger partial charge in [0.1, 0.15) is 6.26 Å². The van der Waals surface area contributed by atoms with E-state index in [1.165, 1.54) is 0 Å². The molecule has 0 amide bonds. The highest BCUT2D eigenvalue weighted by molar-refractivity contribution is 5.42. The predicted octanol–water partition coefficient (Wildman–Crippen LogP) is 2.64. The number of aryl methyl sites for hydroxylation is 1. The molecule has 3 heteroatoms. The number of oxazole rings is 1. The Labute approximate surface area is 89.1 Å². The molecule has 3 nitrogen and oxygen atoms in total. The zero-order valence-electron chi connectivity index (χ0n) is 8.73. The van der Waals surface area contributed by atoms with Gasteiger partial charge in [-0.3, -0.25) is 0 Å². The van der Waals surface area contributed by atoms with Crippen molar-refractivity contribution in [2.75, 3.05) is 11.9 Å². The Kier molecular flexibility index (Phi) is 3.02. The van der Waals surface area contributed by atoms with Crippen LogP contribution >= 0.6 is 0 Å². The molecule has 1 N–H and O–H groups in total. The van der Waals surface area contributed by atoms with Crippen LogP contribution in [0.1, 0.15) is 11.6 Å². The number of benzene rings is 1. The van der Waals surface area contributed by atoms with Crippen molar-refractivity contribution in [2.24, 2.45) is 0 Å². The minimum Gasteiger partial charge on any atom is -0.449 e. The molecule has 0 radical (unpaired) electrons. The minimum absolute atomic E-state index is 0.788. The van der Waals surface area contributed by atoms with Crippen molar-refractivity contribution in [3.8, 4) is 0 Å². The molecule has 0 bridgehead atoms. The first kappa shape index (κ1) is 9.77. The van der Waals surface area contributed by atoms with Crippen molar-refractivity contribution in [3.63, 3.8) is 0 Å². The Balaban J connectivity index is 1.80. The average Bonchev–Trinajstić information content (AvgIpc) is 2.66. The summed E-state index contributed by atoms with van der Waals surface area (Å²) < 4.78 is 5.25. The van der Waals surface area contributed by atoms with Crippen LogP contribution in [0, 0.1) is 6.92 Å². The second-order valence-corrected chi connectivity index (χ2v) is 3.43. The van der Waals surface area contributed by atoms with Gasteiger partial charge in [0.05, 0.1) is 5.69 Å². The molecule has 0 unspecified atom stereocenters. The standard InChI is InChI=1S/C12H14N2O/c1-10-9-15-12(14-10)7-8-13-11-5-3-2-4-6-11/h2-6,9,13H,7-8H2,1H3. The van der Waals surface area contributed by atoms with Gasteiger partial charge in [-0.25, -0.2) is 4.98 Å². The van der Waals surface area contributed by atoms with Crippen molar-refractivity contribution in [1.29, 1.82) is 0 Å². The van der Waals surface area contributed by atoms with E-state index in [1.807, 2.05) is 37.3 Å². The number of para-hydroxylation sites is 1. The van der Waals surface area contributed by atoms with Crippen LogP contribution in [0.5, 0.6) is 0 Å². The molecule has 0 saturated heterocycles. The predicted molar refractivity (Wildman–Crippen MR) is 59.9 cm³/mol. The zero-order chi connectivity index (χ0) is 10.5. The largest absolute Gasteiger partial charge is 0.449 e. The van der Waals surface area contributed by atoms with Crippen molar-refractivity contribution >= 4 is 5.69 Å². The van der Waals surface area contributed by atoms with Crippen LogP contribution in [0.25, 0.3) is 0 Å². The van der Waals surface area contributed by atoms with Crippen LogP contribution in [0.3, 0.4) is 0 Å². The van der Waals surface area contributed by atoms with Crippen LogP contribution in [-0.4, -0.2) is 11.5 Å². The minimum atomic E-state index is 0.788. The maximum atomic E-state index is 5.25. The molecule has 1 heterocycles. The summed E-state index contributed by atoms with van der Waals surface area (Å²) in [4.78, 5) is 4.24. The Morgan fingerprint density at radius 2 is 2.07 bits per heavy atom. The second-order valence-electron chi connectivity index (χ2n) is 3.43. The molecular formula is C12H14N2O. The van der Waals surface area contributed by atoms with Gasteiger partial charge in [0, 0.05) is 18.7 Å². The van der Waals surface area contributed by atoms with Crippen LogP contribution in [0.4, 0.5) is 5.69 Å². The number of hydrogen-bond acceptors (Lipinski definition) is 3. The third kappa shape index (κ3) is 2.84. The highest BCUT2D eigenvalue weighted by atomic mass is 16.3. The number of hydrogen-bond donors (Lipinski definition) is 1. The van der Waals surface area contributed by atoms with E-state index in [0.29, 0.717) is 0 Å². The van der Waals surface area contributed by atoms with E-state index in [2.05, 4.69) is 10.3 Å². The van der Waals surface area contributed by atoms with Crippen molar-refractivity contribution < 1.29 is 4.42 Å². The van der Waals surface area contributed by atoms with Crippen LogP contribution in [0.15, 0.2) is 41.0 Å². The van der Waals surface area contributed by atoms with Crippen molar-refractivity contribution in [3.05, 3.63) is 48.2 Å². The molecule has 0 fully saturated rings. The summed E-state index contributed by atoms with van der Waals surface area (Å²) in [7, 11) is 0. The smallest absolute Gasteiger partial charge is 0.195 e. The maximum absolute atomic E-state index is 5.25. The Morgan fingerprint density at radius 3 is 2.73 bits per heavy atom. The fourth-order valence-corrected chi connectivity index (χ4v) is 1.39. The zero-order valence-corrected chi connectivity index (χ0v) is 8.73. The summed E-state index contributed by atoms with van der Waals surface area (Å²) in [6.07, 6.45) is 2.49. The topological polar surface area (TPSA) is 38.1 Å². The molecule has 78 valence electrons. The van der Waals surface area contributed by atoms with E-state index in [-0.39, 0.29) is 0 Å². The third-order valence-corrected chi connectivity index (χ3v) is 2.11.